The molecule has 1 unspecified atom stereocenters. The first-order chi connectivity index (χ1) is 15.2. The van der Waals surface area contributed by atoms with Crippen molar-refractivity contribution in [2.45, 2.75) is 52.1 Å². The second-order valence-electron chi connectivity index (χ2n) is 8.96. The van der Waals surface area contributed by atoms with E-state index in [0.717, 1.165) is 35.2 Å². The van der Waals surface area contributed by atoms with Gasteiger partial charge < -0.3 is 10.2 Å². The van der Waals surface area contributed by atoms with Crippen molar-refractivity contribution in [2.75, 3.05) is 6.54 Å². The van der Waals surface area contributed by atoms with E-state index in [2.05, 4.69) is 10.5 Å². The predicted octanol–water partition coefficient (Wildman–Crippen LogP) is 5.83. The Kier molecular flexibility index (Phi) is 6.08. The molecule has 2 aromatic rings. The number of benzene rings is 2. The number of nitrogens with one attached hydrogen (secondary N) is 1. The number of oxime groups is 1. The van der Waals surface area contributed by atoms with Crippen molar-refractivity contribution in [3.8, 4) is 0 Å². The number of carbonyl (C=O) groups excluding carboxylic acids is 2. The molecule has 1 amide bonds. The molecule has 1 atom stereocenters. The Hall–Kier alpha value is -2.37. The Bertz CT molecular complexity index is 1100. The van der Waals surface area contributed by atoms with Crippen molar-refractivity contribution in [1.82, 2.24) is 5.32 Å². The number of carbonyl (C=O) groups is 2. The standard InChI is InChI=1S/C25H26Cl2N2O3/c1-4-28-23(31)25(7-8-25)14-22(30)20-6-5-16(9-15(20)2)21-13-24(3,32-29-21)17-10-18(26)12-19(27)11-17/h5-6,9-12H,4,7-8,13-14H2,1-3H3,(H,28,31). The molecule has 0 spiro atoms. The third-order valence-electron chi connectivity index (χ3n) is 6.37. The van der Waals surface area contributed by atoms with Crippen LogP contribution < -0.4 is 5.32 Å². The quantitative estimate of drug-likeness (QED) is 0.515. The number of Topliss-reactive ketones (excluding diaryl/α,β-unsaturated/α-hetero) is 1. The van der Waals surface area contributed by atoms with Gasteiger partial charge in [-0.15, -0.1) is 0 Å². The highest BCUT2D eigenvalue weighted by Crippen LogP contribution is 2.49. The maximum Gasteiger partial charge on any atom is 0.226 e. The number of ketones is 1. The molecule has 2 aliphatic rings. The number of halogens is 2. The normalized spacial score (nSPS) is 21.0. The summed E-state index contributed by atoms with van der Waals surface area (Å²) in [7, 11) is 0. The van der Waals surface area contributed by atoms with E-state index in [1.165, 1.54) is 0 Å². The van der Waals surface area contributed by atoms with Crippen LogP contribution in [0.15, 0.2) is 41.6 Å². The van der Waals surface area contributed by atoms with Gasteiger partial charge >= 0.3 is 0 Å². The van der Waals surface area contributed by atoms with Crippen LogP contribution >= 0.6 is 23.2 Å². The third-order valence-corrected chi connectivity index (χ3v) is 6.80. The number of amides is 1. The van der Waals surface area contributed by atoms with Gasteiger partial charge in [0.25, 0.3) is 0 Å². The zero-order valence-electron chi connectivity index (χ0n) is 18.4. The van der Waals surface area contributed by atoms with Gasteiger partial charge in [0.05, 0.1) is 11.1 Å². The van der Waals surface area contributed by atoms with Gasteiger partial charge in [0.2, 0.25) is 5.91 Å². The van der Waals surface area contributed by atoms with E-state index >= 15 is 0 Å². The Balaban J connectivity index is 1.49. The average Bonchev–Trinajstić information content (AvgIpc) is 3.40. The molecule has 168 valence electrons. The zero-order valence-corrected chi connectivity index (χ0v) is 19.9. The lowest BCUT2D eigenvalue weighted by molar-refractivity contribution is -0.126. The van der Waals surface area contributed by atoms with E-state index in [1.807, 2.05) is 51.1 Å². The number of hydrogen-bond donors (Lipinski definition) is 1. The van der Waals surface area contributed by atoms with Gasteiger partial charge in [-0.1, -0.05) is 40.5 Å². The molecule has 1 aliphatic carbocycles. The molecule has 0 aromatic heterocycles. The molecule has 0 radical (unpaired) electrons. The fourth-order valence-corrected chi connectivity index (χ4v) is 4.78. The molecule has 1 N–H and O–H groups in total. The van der Waals surface area contributed by atoms with Gasteiger partial charge in [0.15, 0.2) is 11.4 Å². The average molecular weight is 473 g/mol. The highest BCUT2D eigenvalue weighted by molar-refractivity contribution is 6.34. The van der Waals surface area contributed by atoms with E-state index in [-0.39, 0.29) is 18.1 Å². The number of hydrogen-bond acceptors (Lipinski definition) is 4. The van der Waals surface area contributed by atoms with Crippen LogP contribution in [-0.4, -0.2) is 23.9 Å². The van der Waals surface area contributed by atoms with Crippen LogP contribution in [0, 0.1) is 12.3 Å². The predicted molar refractivity (Wildman–Crippen MR) is 127 cm³/mol. The van der Waals surface area contributed by atoms with Crippen molar-refractivity contribution in [3.05, 3.63) is 68.7 Å². The minimum atomic E-state index is -0.669. The molecule has 0 bridgehead atoms. The van der Waals surface area contributed by atoms with Crippen LogP contribution in [0.2, 0.25) is 10.0 Å². The zero-order chi connectivity index (χ0) is 23.1. The molecule has 5 nitrogen and oxygen atoms in total. The highest BCUT2D eigenvalue weighted by Gasteiger charge is 2.51. The number of rotatable bonds is 7. The van der Waals surface area contributed by atoms with Crippen LogP contribution in [0.3, 0.4) is 0 Å². The van der Waals surface area contributed by atoms with Gasteiger partial charge in [0, 0.05) is 40.6 Å². The first-order valence-corrected chi connectivity index (χ1v) is 11.6. The van der Waals surface area contributed by atoms with Gasteiger partial charge in [-0.2, -0.15) is 0 Å². The molecule has 1 heterocycles. The molecule has 32 heavy (non-hydrogen) atoms. The SMILES string of the molecule is CCNC(=O)C1(CC(=O)c2ccc(C3=NOC(C)(c4cc(Cl)cc(Cl)c4)C3)cc2C)CC1. The molecule has 1 aliphatic heterocycles. The van der Waals surface area contributed by atoms with E-state index in [0.29, 0.717) is 28.6 Å². The number of nitrogens with zero attached hydrogens (tertiary/aromatic N) is 1. The van der Waals surface area contributed by atoms with Crippen molar-refractivity contribution >= 4 is 40.6 Å². The van der Waals surface area contributed by atoms with Crippen molar-refractivity contribution in [2.24, 2.45) is 10.6 Å². The van der Waals surface area contributed by atoms with E-state index < -0.39 is 11.0 Å². The van der Waals surface area contributed by atoms with Crippen LogP contribution in [0.4, 0.5) is 0 Å². The minimum absolute atomic E-state index is 0.000761. The summed E-state index contributed by atoms with van der Waals surface area (Å²) in [4.78, 5) is 31.1. The summed E-state index contributed by atoms with van der Waals surface area (Å²) in [5.74, 6) is -0.0127. The van der Waals surface area contributed by atoms with Crippen LogP contribution in [0.25, 0.3) is 0 Å². The van der Waals surface area contributed by atoms with Crippen molar-refractivity contribution in [1.29, 1.82) is 0 Å². The van der Waals surface area contributed by atoms with Gasteiger partial charge in [-0.3, -0.25) is 9.59 Å². The Morgan fingerprint density at radius 3 is 2.41 bits per heavy atom. The van der Waals surface area contributed by atoms with Gasteiger partial charge in [0.1, 0.15) is 0 Å². The second-order valence-corrected chi connectivity index (χ2v) is 9.84. The smallest absolute Gasteiger partial charge is 0.226 e. The summed E-state index contributed by atoms with van der Waals surface area (Å²) < 4.78 is 0. The first-order valence-electron chi connectivity index (χ1n) is 10.8. The topological polar surface area (TPSA) is 67.8 Å². The second kappa shape index (κ2) is 8.53. The fourth-order valence-electron chi connectivity index (χ4n) is 4.25. The van der Waals surface area contributed by atoms with E-state index in [9.17, 15) is 9.59 Å². The van der Waals surface area contributed by atoms with Crippen molar-refractivity contribution < 1.29 is 14.4 Å². The van der Waals surface area contributed by atoms with Gasteiger partial charge in [-0.05, 0) is 69.0 Å². The summed E-state index contributed by atoms with van der Waals surface area (Å²) in [6, 6.07) is 11.0. The summed E-state index contributed by atoms with van der Waals surface area (Å²) >= 11 is 12.3. The monoisotopic (exact) mass is 472 g/mol. The number of aryl methyl sites for hydroxylation is 1. The molecule has 2 aromatic carbocycles. The Morgan fingerprint density at radius 2 is 1.81 bits per heavy atom. The lowest BCUT2D eigenvalue weighted by Gasteiger charge is -2.22. The van der Waals surface area contributed by atoms with Crippen LogP contribution in [0.1, 0.15) is 66.6 Å². The minimum Gasteiger partial charge on any atom is -0.384 e. The van der Waals surface area contributed by atoms with Crippen molar-refractivity contribution in [3.63, 3.8) is 0 Å². The van der Waals surface area contributed by atoms with E-state index in [1.54, 1.807) is 6.07 Å². The van der Waals surface area contributed by atoms with E-state index in [4.69, 9.17) is 28.0 Å². The maximum absolute atomic E-state index is 13.0. The lowest BCUT2D eigenvalue weighted by atomic mass is 9.87. The maximum atomic E-state index is 13.0. The molecule has 1 saturated carbocycles. The van der Waals surface area contributed by atoms with Gasteiger partial charge in [-0.25, -0.2) is 0 Å². The third kappa shape index (κ3) is 4.41. The highest BCUT2D eigenvalue weighted by atomic mass is 35.5. The van der Waals surface area contributed by atoms with Crippen LogP contribution in [0.5, 0.6) is 0 Å². The van der Waals surface area contributed by atoms with Crippen LogP contribution in [-0.2, 0) is 15.2 Å². The molecule has 4 rings (SSSR count). The molecular formula is C25H26Cl2N2O3. The Labute approximate surface area is 198 Å². The first kappa shape index (κ1) is 22.8. The Morgan fingerprint density at radius 1 is 1.12 bits per heavy atom. The molecule has 7 heteroatoms. The summed E-state index contributed by atoms with van der Waals surface area (Å²) in [5.41, 5.74) is 2.87. The fraction of sp³-hybridized carbons (Fsp3) is 0.400. The molecule has 1 fully saturated rings. The summed E-state index contributed by atoms with van der Waals surface area (Å²) in [6.45, 7) is 6.33. The lowest BCUT2D eigenvalue weighted by Crippen LogP contribution is -2.33. The summed E-state index contributed by atoms with van der Waals surface area (Å²) in [6.07, 6.45) is 2.33. The largest absolute Gasteiger partial charge is 0.384 e. The molecular weight excluding hydrogens is 447 g/mol. The summed E-state index contributed by atoms with van der Waals surface area (Å²) in [5, 5.41) is 8.27. The molecule has 0 saturated heterocycles.